The molecule has 1 spiro atoms. The standard InChI is InChI=1S/C36H46O16/c1-8-16(3)25(38)50-18-13-19(49-21(37)9-2)33(27(39)44-6)14-47-22-23(33)32(18)15-48-35(42,28(40)45-7)26(32)30(4)24(22)52-31(5)17-12-20(36(30,31)43)51-29-34(17,41)10-11-46-29/h8,10-11,17-20,22-24,26,29,41-43H,9,12-15H2,1-7H3/t17-,18+,19-,20+,22-,23-,24-,26+,29-,30-,31-,32+,33+,34+,35+,36+/m1/s1. The van der Waals surface area contributed by atoms with E-state index < -0.39 is 124 Å². The van der Waals surface area contributed by atoms with Crippen molar-refractivity contribution in [2.24, 2.45) is 34.0 Å². The number of methoxy groups -OCH3 is 2. The first-order valence-corrected chi connectivity index (χ1v) is 17.8. The number of fused-ring (bicyclic) bond motifs is 11. The molecule has 16 heteroatoms. The maximum Gasteiger partial charge on any atom is 0.366 e. The van der Waals surface area contributed by atoms with E-state index in [0.29, 0.717) is 0 Å². The third-order valence-corrected chi connectivity index (χ3v) is 14.4. The van der Waals surface area contributed by atoms with Crippen LogP contribution in [-0.2, 0) is 61.8 Å². The average Bonchev–Trinajstić information content (AvgIpc) is 3.89. The molecule has 7 fully saturated rings. The molecule has 0 aromatic heterocycles. The summed E-state index contributed by atoms with van der Waals surface area (Å²) < 4.78 is 54.7. The Bertz CT molecular complexity index is 1680. The maximum atomic E-state index is 14.4. The largest absolute Gasteiger partial charge is 0.469 e. The molecule has 16 nitrogen and oxygen atoms in total. The second-order valence-corrected chi connectivity index (χ2v) is 16.0. The van der Waals surface area contributed by atoms with Crippen LogP contribution in [0.1, 0.15) is 53.9 Å². The topological polar surface area (TPSA) is 212 Å². The Morgan fingerprint density at radius 3 is 2.35 bits per heavy atom. The second kappa shape index (κ2) is 11.0. The Morgan fingerprint density at radius 2 is 1.69 bits per heavy atom. The Hall–Kier alpha value is -3.12. The summed E-state index contributed by atoms with van der Waals surface area (Å²) in [5.41, 5.74) is -10.6. The number of ether oxygens (including phenoxy) is 9. The van der Waals surface area contributed by atoms with E-state index in [1.165, 1.54) is 19.4 Å². The molecule has 0 aromatic carbocycles. The van der Waals surface area contributed by atoms with Crippen molar-refractivity contribution in [2.75, 3.05) is 27.4 Å². The van der Waals surface area contributed by atoms with Gasteiger partial charge in [0.2, 0.25) is 6.29 Å². The van der Waals surface area contributed by atoms with Gasteiger partial charge >= 0.3 is 23.9 Å². The molecule has 3 saturated carbocycles. The van der Waals surface area contributed by atoms with Crippen LogP contribution in [0.25, 0.3) is 0 Å². The minimum absolute atomic E-state index is 0.0379. The van der Waals surface area contributed by atoms with Crippen molar-refractivity contribution >= 4 is 23.9 Å². The highest BCUT2D eigenvalue weighted by Crippen LogP contribution is 2.81. The molecular weight excluding hydrogens is 688 g/mol. The van der Waals surface area contributed by atoms with E-state index >= 15 is 0 Å². The Morgan fingerprint density at radius 1 is 0.981 bits per heavy atom. The van der Waals surface area contributed by atoms with E-state index in [1.54, 1.807) is 40.7 Å². The monoisotopic (exact) mass is 734 g/mol. The Balaban J connectivity index is 1.42. The molecule has 0 unspecified atom stereocenters. The van der Waals surface area contributed by atoms with Gasteiger partial charge in [0.15, 0.2) is 5.60 Å². The van der Waals surface area contributed by atoms with E-state index in [9.17, 15) is 34.5 Å². The SMILES string of the molecule is CC=C(C)C(=O)O[C@H]1C[C@@H](OC(=O)CC)[C@@]2(C(=O)OC)CO[C@H]3[C@H]4O[C@]5(C)[C@H]6C[C@H](O[C@H]7OC=C[C@@]76O)[C@]5(O)[C@@]4(C)[C@H]4[C@]1(CO[C@]4(O)C(=O)OC)[C@@H]32. The third kappa shape index (κ3) is 3.67. The van der Waals surface area contributed by atoms with Gasteiger partial charge < -0.3 is 58.0 Å². The predicted molar refractivity (Wildman–Crippen MR) is 169 cm³/mol. The number of esters is 4. The van der Waals surface area contributed by atoms with Crippen LogP contribution in [0.2, 0.25) is 0 Å². The van der Waals surface area contributed by atoms with Gasteiger partial charge in [0.05, 0.1) is 52.0 Å². The quantitative estimate of drug-likeness (QED) is 0.189. The van der Waals surface area contributed by atoms with Crippen molar-refractivity contribution in [2.45, 2.75) is 113 Å². The molecule has 0 aromatic rings. The lowest BCUT2D eigenvalue weighted by Crippen LogP contribution is -2.79. The third-order valence-electron chi connectivity index (χ3n) is 14.4. The first-order chi connectivity index (χ1) is 24.5. The van der Waals surface area contributed by atoms with Gasteiger partial charge in [-0.3, -0.25) is 9.59 Å². The highest BCUT2D eigenvalue weighted by Gasteiger charge is 2.94. The fourth-order valence-electron chi connectivity index (χ4n) is 12.3. The zero-order chi connectivity index (χ0) is 37.6. The summed E-state index contributed by atoms with van der Waals surface area (Å²) in [5.74, 6) is -9.78. The van der Waals surface area contributed by atoms with Gasteiger partial charge in [-0.25, -0.2) is 9.59 Å². The van der Waals surface area contributed by atoms with Crippen LogP contribution in [-0.4, -0.2) is 126 Å². The number of allylic oxidation sites excluding steroid dienone is 1. The fraction of sp³-hybridized carbons (Fsp3) is 0.778. The van der Waals surface area contributed by atoms with Crippen LogP contribution in [0.5, 0.6) is 0 Å². The number of hydrogen-bond acceptors (Lipinski definition) is 16. The molecule has 52 heavy (non-hydrogen) atoms. The van der Waals surface area contributed by atoms with Crippen molar-refractivity contribution < 1.29 is 77.1 Å². The average molecular weight is 735 g/mol. The molecule has 4 saturated heterocycles. The number of aliphatic hydroxyl groups is 3. The fourth-order valence-corrected chi connectivity index (χ4v) is 12.3. The van der Waals surface area contributed by atoms with E-state index in [2.05, 4.69) is 0 Å². The summed E-state index contributed by atoms with van der Waals surface area (Å²) in [6.45, 7) is 7.23. The van der Waals surface area contributed by atoms with Crippen LogP contribution < -0.4 is 0 Å². The molecule has 5 heterocycles. The minimum Gasteiger partial charge on any atom is -0.469 e. The summed E-state index contributed by atoms with van der Waals surface area (Å²) in [6, 6.07) is 0. The number of carbonyl (C=O) groups is 4. The van der Waals surface area contributed by atoms with Crippen LogP contribution in [0, 0.1) is 34.0 Å². The van der Waals surface area contributed by atoms with Crippen LogP contribution in [0.3, 0.4) is 0 Å². The Kier molecular flexibility index (Phi) is 7.58. The minimum atomic E-state index is -2.82. The smallest absolute Gasteiger partial charge is 0.366 e. The van der Waals surface area contributed by atoms with Gasteiger partial charge in [0, 0.05) is 47.0 Å². The normalized spacial score (nSPS) is 53.1. The lowest BCUT2D eigenvalue weighted by molar-refractivity contribution is -0.315. The van der Waals surface area contributed by atoms with Gasteiger partial charge in [-0.15, -0.1) is 0 Å². The van der Waals surface area contributed by atoms with E-state index in [4.69, 9.17) is 42.6 Å². The molecule has 8 rings (SSSR count). The van der Waals surface area contributed by atoms with Crippen molar-refractivity contribution in [1.29, 1.82) is 0 Å². The highest BCUT2D eigenvalue weighted by molar-refractivity contribution is 5.88. The summed E-state index contributed by atoms with van der Waals surface area (Å²) in [6.07, 6.45) is -3.11. The number of rotatable bonds is 6. The van der Waals surface area contributed by atoms with E-state index in [1.807, 2.05) is 0 Å². The lowest BCUT2D eigenvalue weighted by Gasteiger charge is -2.65. The summed E-state index contributed by atoms with van der Waals surface area (Å²) >= 11 is 0. The Labute approximate surface area is 299 Å². The first-order valence-electron chi connectivity index (χ1n) is 17.8. The lowest BCUT2D eigenvalue weighted by atomic mass is 9.37. The number of carbonyl (C=O) groups excluding carboxylic acids is 4. The van der Waals surface area contributed by atoms with Gasteiger partial charge in [-0.05, 0) is 33.3 Å². The van der Waals surface area contributed by atoms with Crippen molar-refractivity contribution in [3.05, 3.63) is 24.0 Å². The molecule has 3 aliphatic carbocycles. The zero-order valence-electron chi connectivity index (χ0n) is 30.1. The van der Waals surface area contributed by atoms with Gasteiger partial charge in [-0.1, -0.05) is 19.9 Å². The van der Waals surface area contributed by atoms with Crippen LogP contribution in [0.15, 0.2) is 24.0 Å². The molecule has 0 amide bonds. The zero-order valence-corrected chi connectivity index (χ0v) is 30.1. The van der Waals surface area contributed by atoms with Gasteiger partial charge in [0.1, 0.15) is 28.8 Å². The van der Waals surface area contributed by atoms with Gasteiger partial charge in [0.25, 0.3) is 5.79 Å². The second-order valence-electron chi connectivity index (χ2n) is 16.0. The van der Waals surface area contributed by atoms with E-state index in [-0.39, 0.29) is 31.4 Å². The van der Waals surface area contributed by atoms with Crippen molar-refractivity contribution in [3.63, 3.8) is 0 Å². The molecule has 8 aliphatic rings. The molecular formula is C36H46O16. The molecule has 0 radical (unpaired) electrons. The summed E-state index contributed by atoms with van der Waals surface area (Å²) in [4.78, 5) is 55.1. The highest BCUT2D eigenvalue weighted by atomic mass is 16.7. The molecule has 5 aliphatic heterocycles. The first kappa shape index (κ1) is 35.9. The molecule has 3 N–H and O–H groups in total. The summed E-state index contributed by atoms with van der Waals surface area (Å²) in [7, 11) is 2.26. The maximum absolute atomic E-state index is 14.4. The van der Waals surface area contributed by atoms with Crippen molar-refractivity contribution in [1.82, 2.24) is 0 Å². The molecule has 2 bridgehead atoms. The van der Waals surface area contributed by atoms with Crippen LogP contribution in [0.4, 0.5) is 0 Å². The molecule has 16 atom stereocenters. The van der Waals surface area contributed by atoms with E-state index in [0.717, 1.165) is 7.11 Å². The number of hydrogen-bond donors (Lipinski definition) is 3. The predicted octanol–water partition coefficient (Wildman–Crippen LogP) is 0.187. The summed E-state index contributed by atoms with van der Waals surface area (Å²) in [5, 5.41) is 38.3. The van der Waals surface area contributed by atoms with Crippen molar-refractivity contribution in [3.8, 4) is 0 Å². The van der Waals surface area contributed by atoms with Crippen LogP contribution >= 0.6 is 0 Å². The van der Waals surface area contributed by atoms with Gasteiger partial charge in [-0.2, -0.15) is 0 Å². The molecule has 286 valence electrons.